The average molecular weight is 304 g/mol. The minimum absolute atomic E-state index is 0.129. The maximum Gasteiger partial charge on any atom is 0.245 e. The second-order valence-corrected chi connectivity index (χ2v) is 6.49. The summed E-state index contributed by atoms with van der Waals surface area (Å²) in [6.45, 7) is 4.36. The van der Waals surface area contributed by atoms with Crippen molar-refractivity contribution >= 4 is 11.7 Å². The third kappa shape index (κ3) is 3.21. The van der Waals surface area contributed by atoms with Crippen LogP contribution < -0.4 is 4.90 Å². The van der Waals surface area contributed by atoms with E-state index in [1.54, 1.807) is 12.3 Å². The number of likely N-dealkylation sites (tertiary alicyclic amines) is 1. The summed E-state index contributed by atoms with van der Waals surface area (Å²) in [6, 6.07) is 1.49. The van der Waals surface area contributed by atoms with Gasteiger partial charge in [-0.25, -0.2) is 9.97 Å². The number of amides is 1. The Morgan fingerprint density at radius 3 is 3.00 bits per heavy atom. The van der Waals surface area contributed by atoms with E-state index in [-0.39, 0.29) is 11.9 Å². The van der Waals surface area contributed by atoms with Crippen LogP contribution in [-0.2, 0) is 4.79 Å². The van der Waals surface area contributed by atoms with Crippen molar-refractivity contribution in [2.24, 2.45) is 5.92 Å². The fourth-order valence-corrected chi connectivity index (χ4v) is 3.45. The van der Waals surface area contributed by atoms with Crippen LogP contribution in [0.5, 0.6) is 0 Å². The van der Waals surface area contributed by atoms with Crippen molar-refractivity contribution in [2.75, 3.05) is 24.5 Å². The number of hydrogen-bond donors (Lipinski definition) is 1. The number of aliphatic hydroxyl groups is 1. The summed E-state index contributed by atoms with van der Waals surface area (Å²) in [7, 11) is 0. The Kier molecular flexibility index (Phi) is 4.57. The lowest BCUT2D eigenvalue weighted by Gasteiger charge is -2.30. The molecule has 3 atom stereocenters. The molecule has 2 fully saturated rings. The molecule has 3 unspecified atom stereocenters. The Bertz CT molecular complexity index is 510. The van der Waals surface area contributed by atoms with Crippen LogP contribution in [0.4, 0.5) is 5.82 Å². The van der Waals surface area contributed by atoms with Gasteiger partial charge in [-0.2, -0.15) is 0 Å². The summed E-state index contributed by atoms with van der Waals surface area (Å²) in [5.74, 6) is 1.53. The molecule has 0 spiro atoms. The summed E-state index contributed by atoms with van der Waals surface area (Å²) in [5, 5.41) is 10.0. The lowest BCUT2D eigenvalue weighted by molar-refractivity contribution is -0.132. The van der Waals surface area contributed by atoms with E-state index in [1.165, 1.54) is 12.7 Å². The average Bonchev–Trinajstić information content (AvgIpc) is 2.79. The predicted octanol–water partition coefficient (Wildman–Crippen LogP) is 1.06. The molecule has 2 aliphatic rings. The number of carbonyl (C=O) groups is 1. The number of aromatic nitrogens is 2. The Hall–Kier alpha value is -1.69. The summed E-state index contributed by atoms with van der Waals surface area (Å²) in [4.78, 5) is 25.0. The van der Waals surface area contributed by atoms with E-state index in [0.29, 0.717) is 24.7 Å². The van der Waals surface area contributed by atoms with Crippen LogP contribution in [0.2, 0.25) is 0 Å². The molecule has 6 nitrogen and oxygen atoms in total. The van der Waals surface area contributed by atoms with Crippen molar-refractivity contribution < 1.29 is 9.90 Å². The first-order chi connectivity index (χ1) is 10.6. The van der Waals surface area contributed by atoms with Crippen LogP contribution in [0.1, 0.15) is 32.6 Å². The lowest BCUT2D eigenvalue weighted by atomic mass is 10.0. The van der Waals surface area contributed by atoms with E-state index in [9.17, 15) is 9.90 Å². The first kappa shape index (κ1) is 15.2. The normalized spacial score (nSPS) is 29.5. The zero-order chi connectivity index (χ0) is 15.5. The minimum atomic E-state index is -0.477. The molecule has 3 heterocycles. The van der Waals surface area contributed by atoms with Gasteiger partial charge in [-0.3, -0.25) is 4.79 Å². The van der Waals surface area contributed by atoms with Crippen molar-refractivity contribution in [1.82, 2.24) is 14.9 Å². The second kappa shape index (κ2) is 6.60. The molecule has 1 aromatic rings. The SMILES string of the molecule is CC1CCCN(C(=O)C2CC(O)CN2c2ccncn2)CC1. The molecular formula is C16H24N4O2. The second-order valence-electron chi connectivity index (χ2n) is 6.49. The predicted molar refractivity (Wildman–Crippen MR) is 83.4 cm³/mol. The Morgan fingerprint density at radius 2 is 2.23 bits per heavy atom. The van der Waals surface area contributed by atoms with E-state index < -0.39 is 6.10 Å². The molecule has 1 amide bonds. The van der Waals surface area contributed by atoms with Crippen LogP contribution in [0.15, 0.2) is 18.6 Å². The van der Waals surface area contributed by atoms with Gasteiger partial charge in [0.05, 0.1) is 6.10 Å². The van der Waals surface area contributed by atoms with Crippen molar-refractivity contribution in [2.45, 2.75) is 44.8 Å². The van der Waals surface area contributed by atoms with Crippen LogP contribution in [0.25, 0.3) is 0 Å². The Morgan fingerprint density at radius 1 is 1.36 bits per heavy atom. The molecule has 120 valence electrons. The first-order valence-electron chi connectivity index (χ1n) is 8.14. The highest BCUT2D eigenvalue weighted by molar-refractivity contribution is 5.85. The molecule has 3 rings (SSSR count). The van der Waals surface area contributed by atoms with E-state index in [1.807, 2.05) is 9.80 Å². The summed E-state index contributed by atoms with van der Waals surface area (Å²) >= 11 is 0. The van der Waals surface area contributed by atoms with Crippen molar-refractivity contribution in [3.63, 3.8) is 0 Å². The highest BCUT2D eigenvalue weighted by Crippen LogP contribution is 2.26. The Labute approximate surface area is 131 Å². The van der Waals surface area contributed by atoms with Gasteiger partial charge in [0.15, 0.2) is 0 Å². The quantitative estimate of drug-likeness (QED) is 0.885. The van der Waals surface area contributed by atoms with Gasteiger partial charge in [-0.05, 0) is 31.2 Å². The highest BCUT2D eigenvalue weighted by atomic mass is 16.3. The molecule has 1 aromatic heterocycles. The van der Waals surface area contributed by atoms with E-state index in [0.717, 1.165) is 25.9 Å². The van der Waals surface area contributed by atoms with Gasteiger partial charge in [-0.1, -0.05) is 6.92 Å². The lowest BCUT2D eigenvalue weighted by Crippen LogP contribution is -2.46. The standard InChI is InChI=1S/C16H24N4O2/c1-12-3-2-7-19(8-5-12)16(22)14-9-13(21)10-20(14)15-4-6-17-11-18-15/h4,6,11-14,21H,2-3,5,7-10H2,1H3. The minimum Gasteiger partial charge on any atom is -0.391 e. The van der Waals surface area contributed by atoms with Crippen LogP contribution in [0, 0.1) is 5.92 Å². The third-order valence-corrected chi connectivity index (χ3v) is 4.75. The monoisotopic (exact) mass is 304 g/mol. The molecule has 0 aliphatic carbocycles. The van der Waals surface area contributed by atoms with Crippen LogP contribution >= 0.6 is 0 Å². The Balaban J connectivity index is 1.75. The zero-order valence-corrected chi connectivity index (χ0v) is 13.1. The van der Waals surface area contributed by atoms with Gasteiger partial charge in [-0.15, -0.1) is 0 Å². The molecule has 1 N–H and O–H groups in total. The van der Waals surface area contributed by atoms with E-state index in [4.69, 9.17) is 0 Å². The fraction of sp³-hybridized carbons (Fsp3) is 0.688. The van der Waals surface area contributed by atoms with Crippen LogP contribution in [0.3, 0.4) is 0 Å². The number of aliphatic hydroxyl groups excluding tert-OH is 1. The van der Waals surface area contributed by atoms with Crippen LogP contribution in [-0.4, -0.2) is 57.7 Å². The van der Waals surface area contributed by atoms with Gasteiger partial charge in [0.25, 0.3) is 0 Å². The molecule has 0 radical (unpaired) electrons. The number of hydrogen-bond acceptors (Lipinski definition) is 5. The largest absolute Gasteiger partial charge is 0.391 e. The van der Waals surface area contributed by atoms with E-state index in [2.05, 4.69) is 16.9 Å². The molecule has 6 heteroatoms. The van der Waals surface area contributed by atoms with Crippen molar-refractivity contribution in [3.8, 4) is 0 Å². The molecule has 2 saturated heterocycles. The van der Waals surface area contributed by atoms with Crippen molar-refractivity contribution in [1.29, 1.82) is 0 Å². The smallest absolute Gasteiger partial charge is 0.245 e. The number of rotatable bonds is 2. The number of carbonyl (C=O) groups excluding carboxylic acids is 1. The molecule has 2 aliphatic heterocycles. The van der Waals surface area contributed by atoms with Crippen molar-refractivity contribution in [3.05, 3.63) is 18.6 Å². The fourth-order valence-electron chi connectivity index (χ4n) is 3.45. The topological polar surface area (TPSA) is 69.6 Å². The number of anilines is 1. The maximum absolute atomic E-state index is 12.9. The molecule has 0 bridgehead atoms. The summed E-state index contributed by atoms with van der Waals surface area (Å²) < 4.78 is 0. The van der Waals surface area contributed by atoms with Gasteiger partial charge >= 0.3 is 0 Å². The van der Waals surface area contributed by atoms with Gasteiger partial charge < -0.3 is 14.9 Å². The molecule has 22 heavy (non-hydrogen) atoms. The third-order valence-electron chi connectivity index (χ3n) is 4.75. The number of nitrogens with zero attached hydrogens (tertiary/aromatic N) is 4. The summed E-state index contributed by atoms with van der Waals surface area (Å²) in [6.07, 6.45) is 6.47. The molecular weight excluding hydrogens is 280 g/mol. The zero-order valence-electron chi connectivity index (χ0n) is 13.1. The van der Waals surface area contributed by atoms with Gasteiger partial charge in [0.2, 0.25) is 5.91 Å². The molecule has 0 saturated carbocycles. The van der Waals surface area contributed by atoms with Gasteiger partial charge in [0.1, 0.15) is 18.2 Å². The van der Waals surface area contributed by atoms with Gasteiger partial charge in [0, 0.05) is 32.3 Å². The molecule has 0 aromatic carbocycles. The summed E-state index contributed by atoms with van der Waals surface area (Å²) in [5.41, 5.74) is 0. The van der Waals surface area contributed by atoms with E-state index >= 15 is 0 Å². The first-order valence-corrected chi connectivity index (χ1v) is 8.14. The maximum atomic E-state index is 12.9. The number of β-amino-alcohol motifs (C(OH)–C–C–N with tert-alkyl or cyclic N) is 1. The highest BCUT2D eigenvalue weighted by Gasteiger charge is 2.39.